The Morgan fingerprint density at radius 3 is 1.35 bits per heavy atom. The number of nitro benzene ring substituents is 2. The van der Waals surface area contributed by atoms with Crippen LogP contribution >= 0.6 is 0 Å². The molecule has 2 N–H and O–H groups in total. The smallest absolute Gasteiger partial charge is 0.311 e. The standard InChI is InChI=1S/C14H8N6O6/c21-11-3-1-7(5-9(11)19(23)24)13-15-17-14(18-16-13)8-2-4-12(22)10(6-8)20(25)26/h1-6,21-22H. The van der Waals surface area contributed by atoms with E-state index in [1.807, 2.05) is 0 Å². The molecular weight excluding hydrogens is 348 g/mol. The number of benzene rings is 2. The van der Waals surface area contributed by atoms with Crippen LogP contribution in [0, 0.1) is 20.2 Å². The molecule has 0 saturated heterocycles. The molecule has 0 atom stereocenters. The van der Waals surface area contributed by atoms with Gasteiger partial charge in [0, 0.05) is 23.3 Å². The molecule has 1 aromatic heterocycles. The van der Waals surface area contributed by atoms with Gasteiger partial charge in [0.1, 0.15) is 0 Å². The molecule has 12 heteroatoms. The van der Waals surface area contributed by atoms with Crippen molar-refractivity contribution in [3.05, 3.63) is 56.6 Å². The summed E-state index contributed by atoms with van der Waals surface area (Å²) in [5.41, 5.74) is -0.635. The molecule has 0 radical (unpaired) electrons. The molecule has 0 bridgehead atoms. The van der Waals surface area contributed by atoms with Crippen LogP contribution in [-0.2, 0) is 0 Å². The first kappa shape index (κ1) is 16.6. The first-order valence-electron chi connectivity index (χ1n) is 6.90. The van der Waals surface area contributed by atoms with Gasteiger partial charge in [-0.05, 0) is 24.3 Å². The lowest BCUT2D eigenvalue weighted by molar-refractivity contribution is -0.385. The second-order valence-electron chi connectivity index (χ2n) is 4.97. The normalized spacial score (nSPS) is 10.5. The summed E-state index contributed by atoms with van der Waals surface area (Å²) < 4.78 is 0. The van der Waals surface area contributed by atoms with Crippen molar-refractivity contribution in [2.24, 2.45) is 0 Å². The minimum atomic E-state index is -0.760. The average molecular weight is 356 g/mol. The summed E-state index contributed by atoms with van der Waals surface area (Å²) >= 11 is 0. The lowest BCUT2D eigenvalue weighted by Gasteiger charge is -2.02. The van der Waals surface area contributed by atoms with Crippen molar-refractivity contribution < 1.29 is 20.1 Å². The van der Waals surface area contributed by atoms with E-state index in [0.717, 1.165) is 24.3 Å². The fourth-order valence-electron chi connectivity index (χ4n) is 2.08. The maximum absolute atomic E-state index is 10.9. The number of phenols is 2. The number of rotatable bonds is 4. The highest BCUT2D eigenvalue weighted by atomic mass is 16.6. The molecule has 0 spiro atoms. The predicted molar refractivity (Wildman–Crippen MR) is 85.1 cm³/mol. The fraction of sp³-hybridized carbons (Fsp3) is 0. The van der Waals surface area contributed by atoms with Crippen LogP contribution in [0.5, 0.6) is 11.5 Å². The number of nitro groups is 2. The second-order valence-corrected chi connectivity index (χ2v) is 4.97. The molecule has 3 aromatic rings. The Morgan fingerprint density at radius 2 is 1.04 bits per heavy atom. The van der Waals surface area contributed by atoms with Gasteiger partial charge >= 0.3 is 11.4 Å². The van der Waals surface area contributed by atoms with Gasteiger partial charge in [-0.2, -0.15) is 0 Å². The lowest BCUT2D eigenvalue weighted by atomic mass is 10.1. The Bertz CT molecular complexity index is 940. The van der Waals surface area contributed by atoms with Crippen LogP contribution in [0.4, 0.5) is 11.4 Å². The number of phenolic OH excluding ortho intramolecular Hbond substituents is 2. The monoisotopic (exact) mass is 356 g/mol. The zero-order valence-corrected chi connectivity index (χ0v) is 12.7. The van der Waals surface area contributed by atoms with Crippen molar-refractivity contribution in [1.29, 1.82) is 0 Å². The lowest BCUT2D eigenvalue weighted by Crippen LogP contribution is -2.00. The van der Waals surface area contributed by atoms with E-state index in [-0.39, 0.29) is 22.8 Å². The fourth-order valence-corrected chi connectivity index (χ4v) is 2.08. The van der Waals surface area contributed by atoms with Gasteiger partial charge in [0.05, 0.1) is 9.85 Å². The Hall–Kier alpha value is -4.22. The molecule has 0 fully saturated rings. The van der Waals surface area contributed by atoms with Gasteiger partial charge in [-0.3, -0.25) is 20.2 Å². The van der Waals surface area contributed by atoms with Crippen LogP contribution in [0.25, 0.3) is 22.8 Å². The molecule has 0 saturated carbocycles. The number of hydrogen-bond donors (Lipinski definition) is 2. The summed E-state index contributed by atoms with van der Waals surface area (Å²) in [7, 11) is 0. The van der Waals surface area contributed by atoms with Crippen molar-refractivity contribution >= 4 is 11.4 Å². The Labute approximate surface area is 143 Å². The van der Waals surface area contributed by atoms with E-state index < -0.39 is 32.7 Å². The van der Waals surface area contributed by atoms with Crippen LogP contribution in [0.15, 0.2) is 36.4 Å². The van der Waals surface area contributed by atoms with E-state index in [1.165, 1.54) is 12.1 Å². The summed E-state index contributed by atoms with van der Waals surface area (Å²) in [6.07, 6.45) is 0. The molecule has 0 amide bonds. The van der Waals surface area contributed by atoms with E-state index in [9.17, 15) is 30.4 Å². The summed E-state index contributed by atoms with van der Waals surface area (Å²) in [4.78, 5) is 20.2. The van der Waals surface area contributed by atoms with Crippen LogP contribution in [-0.4, -0.2) is 40.5 Å². The van der Waals surface area contributed by atoms with Crippen LogP contribution in [0.1, 0.15) is 0 Å². The predicted octanol–water partition coefficient (Wildman–Crippen LogP) is 1.83. The third-order valence-corrected chi connectivity index (χ3v) is 3.34. The van der Waals surface area contributed by atoms with E-state index >= 15 is 0 Å². The highest BCUT2D eigenvalue weighted by Crippen LogP contribution is 2.31. The van der Waals surface area contributed by atoms with Crippen LogP contribution < -0.4 is 0 Å². The second kappa shape index (κ2) is 6.35. The molecule has 0 unspecified atom stereocenters. The SMILES string of the molecule is O=[N+]([O-])c1cc(-c2nnc(-c3ccc(O)c([N+](=O)[O-])c3)nn2)ccc1O. The number of aromatic nitrogens is 4. The molecule has 0 aliphatic heterocycles. The summed E-state index contributed by atoms with van der Waals surface area (Å²) in [6.45, 7) is 0. The Morgan fingerprint density at radius 1 is 0.692 bits per heavy atom. The number of hydrogen-bond acceptors (Lipinski definition) is 10. The van der Waals surface area contributed by atoms with Gasteiger partial charge in [-0.25, -0.2) is 0 Å². The number of aromatic hydroxyl groups is 2. The average Bonchev–Trinajstić information content (AvgIpc) is 2.62. The summed E-state index contributed by atoms with van der Waals surface area (Å²) in [5.74, 6) is -1.09. The highest BCUT2D eigenvalue weighted by molar-refractivity contribution is 5.65. The first-order valence-corrected chi connectivity index (χ1v) is 6.90. The molecule has 26 heavy (non-hydrogen) atoms. The largest absolute Gasteiger partial charge is 0.502 e. The van der Waals surface area contributed by atoms with Gasteiger partial charge < -0.3 is 10.2 Å². The van der Waals surface area contributed by atoms with Crippen molar-refractivity contribution in [2.45, 2.75) is 0 Å². The Kier molecular flexibility index (Phi) is 4.06. The maximum Gasteiger partial charge on any atom is 0.311 e. The van der Waals surface area contributed by atoms with Crippen molar-refractivity contribution in [2.75, 3.05) is 0 Å². The minimum Gasteiger partial charge on any atom is -0.502 e. The van der Waals surface area contributed by atoms with Crippen molar-refractivity contribution in [3.8, 4) is 34.3 Å². The third-order valence-electron chi connectivity index (χ3n) is 3.34. The highest BCUT2D eigenvalue weighted by Gasteiger charge is 2.18. The van der Waals surface area contributed by atoms with Crippen molar-refractivity contribution in [3.63, 3.8) is 0 Å². The van der Waals surface area contributed by atoms with E-state index in [4.69, 9.17) is 0 Å². The quantitative estimate of drug-likeness (QED) is 0.517. The van der Waals surface area contributed by atoms with Crippen molar-refractivity contribution in [1.82, 2.24) is 20.4 Å². The number of nitrogens with zero attached hydrogens (tertiary/aromatic N) is 6. The molecule has 3 rings (SSSR count). The zero-order chi connectivity index (χ0) is 18.8. The molecular formula is C14H8N6O6. The molecule has 0 aliphatic rings. The molecule has 0 aliphatic carbocycles. The Balaban J connectivity index is 1.97. The zero-order valence-electron chi connectivity index (χ0n) is 12.7. The molecule has 1 heterocycles. The van der Waals surface area contributed by atoms with E-state index in [2.05, 4.69) is 20.4 Å². The van der Waals surface area contributed by atoms with Gasteiger partial charge in [0.2, 0.25) is 11.6 Å². The summed E-state index contributed by atoms with van der Waals surface area (Å²) in [6, 6.07) is 7.08. The molecule has 130 valence electrons. The summed E-state index contributed by atoms with van der Waals surface area (Å²) in [5, 5.41) is 55.8. The topological polar surface area (TPSA) is 178 Å². The van der Waals surface area contributed by atoms with E-state index in [1.54, 1.807) is 0 Å². The minimum absolute atomic E-state index is 0.0369. The van der Waals surface area contributed by atoms with Crippen LogP contribution in [0.3, 0.4) is 0 Å². The van der Waals surface area contributed by atoms with Gasteiger partial charge in [-0.1, -0.05) is 0 Å². The van der Waals surface area contributed by atoms with Gasteiger partial charge in [0.15, 0.2) is 11.5 Å². The van der Waals surface area contributed by atoms with Gasteiger partial charge in [-0.15, -0.1) is 20.4 Å². The first-order chi connectivity index (χ1) is 12.4. The maximum atomic E-state index is 10.9. The van der Waals surface area contributed by atoms with Gasteiger partial charge in [0.25, 0.3) is 0 Å². The van der Waals surface area contributed by atoms with Crippen LogP contribution in [0.2, 0.25) is 0 Å². The van der Waals surface area contributed by atoms with E-state index in [0.29, 0.717) is 0 Å². The molecule has 2 aromatic carbocycles. The third kappa shape index (κ3) is 3.06. The molecule has 12 nitrogen and oxygen atoms in total.